The fraction of sp³-hybridized carbons (Fsp3) is 0.571. The van der Waals surface area contributed by atoms with Gasteiger partial charge >= 0.3 is 0 Å². The second kappa shape index (κ2) is 6.32. The lowest BCUT2D eigenvalue weighted by atomic mass is 9.93. The Balaban J connectivity index is 2.22. The first-order chi connectivity index (χ1) is 9.80. The molecule has 2 rings (SSSR count). The number of rotatable bonds is 3. The zero-order valence-electron chi connectivity index (χ0n) is 12.1. The lowest BCUT2D eigenvalue weighted by molar-refractivity contribution is 0.0694. The average molecular weight is 331 g/mol. The van der Waals surface area contributed by atoms with Crippen LogP contribution >= 0.6 is 11.6 Å². The van der Waals surface area contributed by atoms with E-state index >= 15 is 0 Å². The summed E-state index contributed by atoms with van der Waals surface area (Å²) in [5.74, 6) is -0.271. The monoisotopic (exact) mass is 330 g/mol. The van der Waals surface area contributed by atoms with Crippen molar-refractivity contribution in [2.75, 3.05) is 13.3 Å². The molecule has 1 aromatic rings. The van der Waals surface area contributed by atoms with Crippen molar-refractivity contribution in [3.8, 4) is 0 Å². The van der Waals surface area contributed by atoms with Gasteiger partial charge in [-0.25, -0.2) is 13.4 Å². The third kappa shape index (κ3) is 3.74. The van der Waals surface area contributed by atoms with E-state index in [9.17, 15) is 13.2 Å². The number of hydrogen-bond acceptors (Lipinski definition) is 4. The van der Waals surface area contributed by atoms with E-state index in [-0.39, 0.29) is 17.6 Å². The van der Waals surface area contributed by atoms with Gasteiger partial charge in [0.1, 0.15) is 5.69 Å². The number of amides is 1. The fourth-order valence-electron chi connectivity index (χ4n) is 2.85. The van der Waals surface area contributed by atoms with Crippen LogP contribution in [0.4, 0.5) is 0 Å². The predicted octanol–water partition coefficient (Wildman–Crippen LogP) is 2.16. The molecular weight excluding hydrogens is 312 g/mol. The molecule has 0 bridgehead atoms. The van der Waals surface area contributed by atoms with Crippen molar-refractivity contribution >= 4 is 27.3 Å². The average Bonchev–Trinajstić information content (AvgIpc) is 2.45. The lowest BCUT2D eigenvalue weighted by Crippen LogP contribution is -2.49. The highest BCUT2D eigenvalue weighted by Gasteiger charge is 2.37. The van der Waals surface area contributed by atoms with E-state index in [2.05, 4.69) is 4.98 Å². The smallest absolute Gasteiger partial charge is 0.272 e. The standard InChI is InChI=1S/C14H19ClN2O3S/c1-17(14(18)11-8-7-10(15)9-16-11)12-5-3-4-6-13(12)21(2,19)20/h7-9,12-13H,3-6H2,1-2H3/t12-,13+/m1/s1. The van der Waals surface area contributed by atoms with Crippen LogP contribution < -0.4 is 0 Å². The molecule has 7 heteroatoms. The zero-order valence-corrected chi connectivity index (χ0v) is 13.7. The number of aromatic nitrogens is 1. The summed E-state index contributed by atoms with van der Waals surface area (Å²) in [4.78, 5) is 18.0. The molecule has 0 unspecified atom stereocenters. The number of carbonyl (C=O) groups excluding carboxylic acids is 1. The van der Waals surface area contributed by atoms with Crippen LogP contribution in [0.2, 0.25) is 5.02 Å². The molecule has 1 amide bonds. The van der Waals surface area contributed by atoms with E-state index in [1.165, 1.54) is 17.4 Å². The van der Waals surface area contributed by atoms with E-state index in [1.807, 2.05) is 0 Å². The Morgan fingerprint density at radius 2 is 2.00 bits per heavy atom. The third-order valence-electron chi connectivity index (χ3n) is 3.98. The Labute approximate surface area is 130 Å². The summed E-state index contributed by atoms with van der Waals surface area (Å²) in [7, 11) is -1.53. The molecular formula is C14H19ClN2O3S. The van der Waals surface area contributed by atoms with Gasteiger partial charge in [-0.15, -0.1) is 0 Å². The maximum absolute atomic E-state index is 12.5. The molecule has 1 aliphatic carbocycles. The van der Waals surface area contributed by atoms with E-state index in [4.69, 9.17) is 11.6 Å². The van der Waals surface area contributed by atoms with Crippen LogP contribution in [-0.2, 0) is 9.84 Å². The van der Waals surface area contributed by atoms with Gasteiger partial charge in [-0.05, 0) is 25.0 Å². The number of pyridine rings is 1. The summed E-state index contributed by atoms with van der Waals surface area (Å²) < 4.78 is 23.9. The van der Waals surface area contributed by atoms with Gasteiger partial charge in [0, 0.05) is 25.5 Å². The lowest BCUT2D eigenvalue weighted by Gasteiger charge is -2.36. The molecule has 1 saturated carbocycles. The van der Waals surface area contributed by atoms with E-state index in [0.717, 1.165) is 12.8 Å². The molecule has 0 spiro atoms. The van der Waals surface area contributed by atoms with Crippen LogP contribution in [0.1, 0.15) is 36.2 Å². The highest BCUT2D eigenvalue weighted by molar-refractivity contribution is 7.91. The molecule has 0 aliphatic heterocycles. The second-order valence-electron chi connectivity index (χ2n) is 5.50. The molecule has 1 heterocycles. The zero-order chi connectivity index (χ0) is 15.6. The first-order valence-electron chi connectivity index (χ1n) is 6.88. The van der Waals surface area contributed by atoms with Crippen LogP contribution in [-0.4, -0.2) is 48.8 Å². The number of halogens is 1. The minimum atomic E-state index is -3.18. The van der Waals surface area contributed by atoms with Gasteiger partial charge < -0.3 is 4.90 Å². The summed E-state index contributed by atoms with van der Waals surface area (Å²) >= 11 is 5.76. The van der Waals surface area contributed by atoms with E-state index < -0.39 is 15.1 Å². The fourth-order valence-corrected chi connectivity index (χ4v) is 4.45. The van der Waals surface area contributed by atoms with Crippen LogP contribution in [0.15, 0.2) is 18.3 Å². The summed E-state index contributed by atoms with van der Waals surface area (Å²) in [5, 5.41) is -0.0339. The molecule has 0 N–H and O–H groups in total. The number of hydrogen-bond donors (Lipinski definition) is 0. The molecule has 0 radical (unpaired) electrons. The minimum Gasteiger partial charge on any atom is -0.336 e. The van der Waals surface area contributed by atoms with Crippen molar-refractivity contribution < 1.29 is 13.2 Å². The molecule has 1 aromatic heterocycles. The quantitative estimate of drug-likeness (QED) is 0.851. The molecule has 1 aliphatic rings. The largest absolute Gasteiger partial charge is 0.336 e. The molecule has 2 atom stereocenters. The highest BCUT2D eigenvalue weighted by Crippen LogP contribution is 2.28. The Hall–Kier alpha value is -1.14. The van der Waals surface area contributed by atoms with Crippen molar-refractivity contribution in [2.45, 2.75) is 37.0 Å². The number of carbonyl (C=O) groups is 1. The van der Waals surface area contributed by atoms with Crippen LogP contribution in [0.3, 0.4) is 0 Å². The number of nitrogens with zero attached hydrogens (tertiary/aromatic N) is 2. The summed E-state index contributed by atoms with van der Waals surface area (Å²) in [5.41, 5.74) is 0.278. The maximum atomic E-state index is 12.5. The van der Waals surface area contributed by atoms with Crippen LogP contribution in [0, 0.1) is 0 Å². The first kappa shape index (κ1) is 16.2. The van der Waals surface area contributed by atoms with E-state index in [0.29, 0.717) is 17.9 Å². The molecule has 21 heavy (non-hydrogen) atoms. The van der Waals surface area contributed by atoms with Crippen molar-refractivity contribution in [1.82, 2.24) is 9.88 Å². The van der Waals surface area contributed by atoms with Gasteiger partial charge in [0.05, 0.1) is 10.3 Å². The van der Waals surface area contributed by atoms with Gasteiger partial charge in [-0.3, -0.25) is 4.79 Å². The molecule has 116 valence electrons. The molecule has 0 aromatic carbocycles. The number of sulfone groups is 1. The topological polar surface area (TPSA) is 67.3 Å². The van der Waals surface area contributed by atoms with Crippen LogP contribution in [0.25, 0.3) is 0 Å². The Kier molecular flexibility index (Phi) is 4.88. The summed E-state index contributed by atoms with van der Waals surface area (Å²) in [6.45, 7) is 0. The van der Waals surface area contributed by atoms with Crippen molar-refractivity contribution in [1.29, 1.82) is 0 Å². The SMILES string of the molecule is CN(C(=O)c1ccc(Cl)cn1)[C@@H]1CCCC[C@@H]1S(C)(=O)=O. The van der Waals surface area contributed by atoms with E-state index in [1.54, 1.807) is 19.2 Å². The second-order valence-corrected chi connectivity index (χ2v) is 8.20. The van der Waals surface area contributed by atoms with Crippen molar-refractivity contribution in [2.24, 2.45) is 0 Å². The minimum absolute atomic E-state index is 0.271. The normalized spacial score (nSPS) is 22.8. The van der Waals surface area contributed by atoms with Gasteiger partial charge in [0.2, 0.25) is 0 Å². The molecule has 1 fully saturated rings. The highest BCUT2D eigenvalue weighted by atomic mass is 35.5. The van der Waals surface area contributed by atoms with Gasteiger partial charge in [0.15, 0.2) is 9.84 Å². The Morgan fingerprint density at radius 3 is 2.57 bits per heavy atom. The van der Waals surface area contributed by atoms with Gasteiger partial charge in [0.25, 0.3) is 5.91 Å². The van der Waals surface area contributed by atoms with Crippen molar-refractivity contribution in [3.63, 3.8) is 0 Å². The van der Waals surface area contributed by atoms with Crippen molar-refractivity contribution in [3.05, 3.63) is 29.0 Å². The predicted molar refractivity (Wildman–Crippen MR) is 82.2 cm³/mol. The first-order valence-corrected chi connectivity index (χ1v) is 9.21. The Bertz CT molecular complexity index is 616. The summed E-state index contributed by atoms with van der Waals surface area (Å²) in [6, 6.07) is 2.86. The Morgan fingerprint density at radius 1 is 1.33 bits per heavy atom. The molecule has 0 saturated heterocycles. The molecule has 5 nitrogen and oxygen atoms in total. The van der Waals surface area contributed by atoms with Crippen LogP contribution in [0.5, 0.6) is 0 Å². The summed E-state index contributed by atoms with van der Waals surface area (Å²) in [6.07, 6.45) is 5.78. The van der Waals surface area contributed by atoms with Gasteiger partial charge in [-0.2, -0.15) is 0 Å². The maximum Gasteiger partial charge on any atom is 0.272 e. The van der Waals surface area contributed by atoms with Gasteiger partial charge in [-0.1, -0.05) is 24.4 Å². The third-order valence-corrected chi connectivity index (χ3v) is 5.86.